The first kappa shape index (κ1) is 13.6. The van der Waals surface area contributed by atoms with Crippen molar-refractivity contribution in [3.05, 3.63) is 59.7 Å². The quantitative estimate of drug-likeness (QED) is 0.872. The van der Waals surface area contributed by atoms with E-state index in [1.165, 1.54) is 11.1 Å². The van der Waals surface area contributed by atoms with Gasteiger partial charge in [0, 0.05) is 17.9 Å². The maximum absolute atomic E-state index is 3.41. The van der Waals surface area contributed by atoms with Crippen molar-refractivity contribution >= 4 is 11.4 Å². The number of anilines is 2. The Balaban J connectivity index is 1.96. The summed E-state index contributed by atoms with van der Waals surface area (Å²) in [6, 6.07) is 17.1. The summed E-state index contributed by atoms with van der Waals surface area (Å²) in [6.45, 7) is 3.19. The van der Waals surface area contributed by atoms with Crippen LogP contribution >= 0.6 is 0 Å². The fourth-order valence-corrected chi connectivity index (χ4v) is 1.91. The molecule has 0 fully saturated rings. The molecule has 0 heterocycles. The van der Waals surface area contributed by atoms with Crippen molar-refractivity contribution in [2.75, 3.05) is 26.0 Å². The van der Waals surface area contributed by atoms with E-state index in [2.05, 4.69) is 79.8 Å². The third-order valence-corrected chi connectivity index (χ3v) is 3.14. The van der Waals surface area contributed by atoms with Crippen molar-refractivity contribution in [2.45, 2.75) is 13.3 Å². The Hall–Kier alpha value is -1.80. The predicted molar refractivity (Wildman–Crippen MR) is 83.2 cm³/mol. The number of rotatable bonds is 5. The van der Waals surface area contributed by atoms with Crippen LogP contribution in [0.1, 0.15) is 11.1 Å². The molecular formula is C17H22N2. The molecule has 2 aromatic carbocycles. The SMILES string of the molecule is Cc1ccc(Nc2ccc(CCN(C)C)cc2)cc1. The summed E-state index contributed by atoms with van der Waals surface area (Å²) in [4.78, 5) is 2.21. The molecule has 0 aliphatic rings. The zero-order valence-electron chi connectivity index (χ0n) is 12.0. The molecular weight excluding hydrogens is 232 g/mol. The third-order valence-electron chi connectivity index (χ3n) is 3.14. The third kappa shape index (κ3) is 4.42. The summed E-state index contributed by atoms with van der Waals surface area (Å²) in [5, 5.41) is 3.41. The summed E-state index contributed by atoms with van der Waals surface area (Å²) in [5.74, 6) is 0. The highest BCUT2D eigenvalue weighted by molar-refractivity contribution is 5.59. The van der Waals surface area contributed by atoms with Crippen molar-refractivity contribution in [1.82, 2.24) is 4.90 Å². The second kappa shape index (κ2) is 6.39. The molecule has 2 heteroatoms. The first-order valence-electron chi connectivity index (χ1n) is 6.71. The Morgan fingerprint density at radius 2 is 1.37 bits per heavy atom. The maximum Gasteiger partial charge on any atom is 0.0384 e. The molecule has 0 saturated heterocycles. The molecule has 1 N–H and O–H groups in total. The topological polar surface area (TPSA) is 15.3 Å². The smallest absolute Gasteiger partial charge is 0.0384 e. The molecule has 19 heavy (non-hydrogen) atoms. The highest BCUT2D eigenvalue weighted by atomic mass is 15.0. The summed E-state index contributed by atoms with van der Waals surface area (Å²) in [6.07, 6.45) is 1.10. The molecule has 0 saturated carbocycles. The molecule has 100 valence electrons. The van der Waals surface area contributed by atoms with E-state index in [9.17, 15) is 0 Å². The minimum atomic E-state index is 1.09. The van der Waals surface area contributed by atoms with Gasteiger partial charge in [0.25, 0.3) is 0 Å². The highest BCUT2D eigenvalue weighted by Gasteiger charge is 1.97. The first-order chi connectivity index (χ1) is 9.13. The predicted octanol–water partition coefficient (Wildman–Crippen LogP) is 3.84. The summed E-state index contributed by atoms with van der Waals surface area (Å²) in [7, 11) is 4.21. The molecule has 0 spiro atoms. The van der Waals surface area contributed by atoms with E-state index in [4.69, 9.17) is 0 Å². The lowest BCUT2D eigenvalue weighted by Gasteiger charge is -2.10. The van der Waals surface area contributed by atoms with E-state index in [1.807, 2.05) is 0 Å². The fraction of sp³-hybridized carbons (Fsp3) is 0.294. The van der Waals surface area contributed by atoms with E-state index in [0.717, 1.165) is 24.3 Å². The van der Waals surface area contributed by atoms with Crippen LogP contribution in [0.5, 0.6) is 0 Å². The van der Waals surface area contributed by atoms with Crippen LogP contribution < -0.4 is 5.32 Å². The molecule has 0 bridgehead atoms. The summed E-state index contributed by atoms with van der Waals surface area (Å²) < 4.78 is 0. The van der Waals surface area contributed by atoms with Crippen LogP contribution in [0.25, 0.3) is 0 Å². The Morgan fingerprint density at radius 1 is 0.842 bits per heavy atom. The van der Waals surface area contributed by atoms with E-state index in [1.54, 1.807) is 0 Å². The van der Waals surface area contributed by atoms with Gasteiger partial charge in [0.1, 0.15) is 0 Å². The molecule has 0 aromatic heterocycles. The molecule has 0 atom stereocenters. The number of benzene rings is 2. The lowest BCUT2D eigenvalue weighted by molar-refractivity contribution is 0.413. The number of nitrogens with one attached hydrogen (secondary N) is 1. The van der Waals surface area contributed by atoms with Gasteiger partial charge in [-0.1, -0.05) is 29.8 Å². The van der Waals surface area contributed by atoms with E-state index in [-0.39, 0.29) is 0 Å². The largest absolute Gasteiger partial charge is 0.356 e. The van der Waals surface area contributed by atoms with E-state index >= 15 is 0 Å². The molecule has 0 aliphatic heterocycles. The van der Waals surface area contributed by atoms with Crippen LogP contribution in [0.15, 0.2) is 48.5 Å². The maximum atomic E-state index is 3.41. The standard InChI is InChI=1S/C17H22N2/c1-14-4-8-16(9-5-14)18-17-10-6-15(7-11-17)12-13-19(2)3/h4-11,18H,12-13H2,1-3H3. The van der Waals surface area contributed by atoms with Gasteiger partial charge in [0.15, 0.2) is 0 Å². The fourth-order valence-electron chi connectivity index (χ4n) is 1.91. The van der Waals surface area contributed by atoms with Gasteiger partial charge in [-0.25, -0.2) is 0 Å². The lowest BCUT2D eigenvalue weighted by atomic mass is 10.1. The van der Waals surface area contributed by atoms with E-state index in [0.29, 0.717) is 0 Å². The van der Waals surface area contributed by atoms with Gasteiger partial charge in [-0.05, 0) is 57.3 Å². The number of nitrogens with zero attached hydrogens (tertiary/aromatic N) is 1. The van der Waals surface area contributed by atoms with Crippen LogP contribution in [0.2, 0.25) is 0 Å². The van der Waals surface area contributed by atoms with Gasteiger partial charge in [-0.2, -0.15) is 0 Å². The Labute approximate surface area is 116 Å². The number of hydrogen-bond acceptors (Lipinski definition) is 2. The van der Waals surface area contributed by atoms with Gasteiger partial charge < -0.3 is 10.2 Å². The molecule has 0 unspecified atom stereocenters. The normalized spacial score (nSPS) is 10.7. The zero-order valence-corrected chi connectivity index (χ0v) is 12.0. The van der Waals surface area contributed by atoms with Crippen molar-refractivity contribution in [3.63, 3.8) is 0 Å². The lowest BCUT2D eigenvalue weighted by Crippen LogP contribution is -2.14. The van der Waals surface area contributed by atoms with Crippen molar-refractivity contribution in [1.29, 1.82) is 0 Å². The van der Waals surface area contributed by atoms with Crippen molar-refractivity contribution < 1.29 is 0 Å². The summed E-state index contributed by atoms with van der Waals surface area (Å²) in [5.41, 5.74) is 4.93. The average molecular weight is 254 g/mol. The van der Waals surface area contributed by atoms with Gasteiger partial charge in [0.2, 0.25) is 0 Å². The van der Waals surface area contributed by atoms with Crippen LogP contribution in [-0.2, 0) is 6.42 Å². The Morgan fingerprint density at radius 3 is 1.89 bits per heavy atom. The number of hydrogen-bond donors (Lipinski definition) is 1. The Kier molecular flexibility index (Phi) is 4.58. The van der Waals surface area contributed by atoms with Crippen molar-refractivity contribution in [3.8, 4) is 0 Å². The van der Waals surface area contributed by atoms with Crippen LogP contribution in [0.3, 0.4) is 0 Å². The van der Waals surface area contributed by atoms with Crippen LogP contribution in [-0.4, -0.2) is 25.5 Å². The monoisotopic (exact) mass is 254 g/mol. The second-order valence-electron chi connectivity index (χ2n) is 5.24. The highest BCUT2D eigenvalue weighted by Crippen LogP contribution is 2.17. The first-order valence-corrected chi connectivity index (χ1v) is 6.71. The van der Waals surface area contributed by atoms with Gasteiger partial charge in [-0.3, -0.25) is 0 Å². The van der Waals surface area contributed by atoms with Gasteiger partial charge in [0.05, 0.1) is 0 Å². The average Bonchev–Trinajstić information content (AvgIpc) is 2.40. The van der Waals surface area contributed by atoms with Crippen molar-refractivity contribution in [2.24, 2.45) is 0 Å². The number of aryl methyl sites for hydroxylation is 1. The molecule has 0 amide bonds. The zero-order chi connectivity index (χ0) is 13.7. The molecule has 0 aliphatic carbocycles. The van der Waals surface area contributed by atoms with Gasteiger partial charge >= 0.3 is 0 Å². The number of likely N-dealkylation sites (N-methyl/N-ethyl adjacent to an activating group) is 1. The molecule has 2 rings (SSSR count). The van der Waals surface area contributed by atoms with Gasteiger partial charge in [-0.15, -0.1) is 0 Å². The molecule has 0 radical (unpaired) electrons. The minimum absolute atomic E-state index is 1.09. The second-order valence-corrected chi connectivity index (χ2v) is 5.24. The Bertz CT molecular complexity index is 498. The van der Waals surface area contributed by atoms with Crippen LogP contribution in [0, 0.1) is 6.92 Å². The van der Waals surface area contributed by atoms with E-state index < -0.39 is 0 Å². The molecule has 2 nitrogen and oxygen atoms in total. The minimum Gasteiger partial charge on any atom is -0.356 e. The molecule has 2 aromatic rings. The summed E-state index contributed by atoms with van der Waals surface area (Å²) >= 11 is 0. The van der Waals surface area contributed by atoms with Crippen LogP contribution in [0.4, 0.5) is 11.4 Å².